The summed E-state index contributed by atoms with van der Waals surface area (Å²) in [4.78, 5) is 17.3. The quantitative estimate of drug-likeness (QED) is 0.788. The molecule has 27 heavy (non-hydrogen) atoms. The van der Waals surface area contributed by atoms with Crippen molar-refractivity contribution >= 4 is 32.5 Å². The molecule has 146 valence electrons. The first kappa shape index (κ1) is 19.6. The molecule has 0 spiro atoms. The van der Waals surface area contributed by atoms with Gasteiger partial charge < -0.3 is 10.1 Å². The van der Waals surface area contributed by atoms with Crippen molar-refractivity contribution in [2.45, 2.75) is 37.8 Å². The average molecular weight is 411 g/mol. The monoisotopic (exact) mass is 410 g/mol. The van der Waals surface area contributed by atoms with Crippen LogP contribution in [-0.4, -0.2) is 43.4 Å². The van der Waals surface area contributed by atoms with Gasteiger partial charge in [-0.3, -0.25) is 5.32 Å². The number of fused-ring (bicyclic) bond motifs is 1. The van der Waals surface area contributed by atoms with Crippen LogP contribution in [-0.2, 0) is 23.0 Å². The molecule has 0 atom stereocenters. The molecule has 0 unspecified atom stereocenters. The van der Waals surface area contributed by atoms with E-state index in [0.717, 1.165) is 10.6 Å². The lowest BCUT2D eigenvalue weighted by Crippen LogP contribution is -2.35. The second kappa shape index (κ2) is 7.83. The van der Waals surface area contributed by atoms with Gasteiger partial charge >= 0.3 is 6.03 Å². The Hall–Kier alpha value is -2.17. The number of thiazole rings is 1. The molecule has 3 rings (SSSR count). The van der Waals surface area contributed by atoms with E-state index < -0.39 is 10.0 Å². The average Bonchev–Trinajstić information content (AvgIpc) is 3.02. The van der Waals surface area contributed by atoms with Crippen LogP contribution in [0.2, 0.25) is 0 Å². The number of nitrogens with zero attached hydrogens (tertiary/aromatic N) is 2. The van der Waals surface area contributed by atoms with Crippen molar-refractivity contribution in [1.29, 1.82) is 0 Å². The second-order valence-corrected chi connectivity index (χ2v) is 9.43. The summed E-state index contributed by atoms with van der Waals surface area (Å²) in [6.45, 7) is 4.31. The summed E-state index contributed by atoms with van der Waals surface area (Å²) in [7, 11) is -2.13. The number of benzene rings is 1. The first-order chi connectivity index (χ1) is 12.8. The van der Waals surface area contributed by atoms with Gasteiger partial charge in [0.05, 0.1) is 24.2 Å². The largest absolute Gasteiger partial charge is 0.497 e. The third-order valence-electron chi connectivity index (χ3n) is 4.02. The minimum atomic E-state index is -3.63. The predicted octanol–water partition coefficient (Wildman–Crippen LogP) is 2.43. The van der Waals surface area contributed by atoms with E-state index in [1.807, 2.05) is 13.8 Å². The highest BCUT2D eigenvalue weighted by atomic mass is 32.2. The molecule has 1 aliphatic heterocycles. The molecular formula is C17H22N4O4S2. The van der Waals surface area contributed by atoms with Gasteiger partial charge in [0.25, 0.3) is 0 Å². The van der Waals surface area contributed by atoms with Gasteiger partial charge in [-0.25, -0.2) is 18.2 Å². The van der Waals surface area contributed by atoms with E-state index in [1.165, 1.54) is 28.8 Å². The molecule has 0 saturated carbocycles. The van der Waals surface area contributed by atoms with Crippen molar-refractivity contribution in [3.8, 4) is 5.75 Å². The Labute approximate surface area is 162 Å². The maximum Gasteiger partial charge on any atom is 0.321 e. The number of hydrogen-bond acceptors (Lipinski definition) is 6. The van der Waals surface area contributed by atoms with Crippen molar-refractivity contribution in [1.82, 2.24) is 14.6 Å². The van der Waals surface area contributed by atoms with Crippen molar-refractivity contribution in [2.75, 3.05) is 19.0 Å². The van der Waals surface area contributed by atoms with Gasteiger partial charge in [-0.15, -0.1) is 0 Å². The van der Waals surface area contributed by atoms with Crippen LogP contribution < -0.4 is 15.4 Å². The number of aromatic nitrogens is 1. The summed E-state index contributed by atoms with van der Waals surface area (Å²) >= 11 is 1.30. The maximum atomic E-state index is 12.9. The molecule has 10 heteroatoms. The lowest BCUT2D eigenvalue weighted by Gasteiger charge is -2.25. The number of carbonyl (C=O) groups excluding carboxylic acids is 1. The second-order valence-electron chi connectivity index (χ2n) is 6.41. The van der Waals surface area contributed by atoms with Crippen LogP contribution in [0.1, 0.15) is 24.4 Å². The molecule has 8 nitrogen and oxygen atoms in total. The van der Waals surface area contributed by atoms with Crippen LogP contribution in [0.4, 0.5) is 9.93 Å². The Bertz CT molecular complexity index is 940. The van der Waals surface area contributed by atoms with E-state index in [9.17, 15) is 13.2 Å². The fourth-order valence-corrected chi connectivity index (χ4v) is 5.28. The summed E-state index contributed by atoms with van der Waals surface area (Å²) in [6.07, 6.45) is 0.502. The van der Waals surface area contributed by atoms with Gasteiger partial charge in [0.15, 0.2) is 5.13 Å². The Morgan fingerprint density at radius 1 is 1.37 bits per heavy atom. The van der Waals surface area contributed by atoms with Gasteiger partial charge in [0.1, 0.15) is 5.75 Å². The molecule has 0 aliphatic carbocycles. The zero-order valence-corrected chi connectivity index (χ0v) is 17.0. The van der Waals surface area contributed by atoms with Crippen LogP contribution in [0.5, 0.6) is 5.75 Å². The third kappa shape index (κ3) is 4.40. The highest BCUT2D eigenvalue weighted by Gasteiger charge is 2.30. The smallest absolute Gasteiger partial charge is 0.321 e. The Kier molecular flexibility index (Phi) is 5.68. The van der Waals surface area contributed by atoms with Crippen LogP contribution in [0, 0.1) is 0 Å². The molecule has 1 aromatic heterocycles. The molecule has 2 amide bonds. The number of hydrogen-bond donors (Lipinski definition) is 2. The topological polar surface area (TPSA) is 101 Å². The number of methoxy groups -OCH3 is 1. The highest BCUT2D eigenvalue weighted by molar-refractivity contribution is 7.89. The van der Waals surface area contributed by atoms with Gasteiger partial charge in [0, 0.05) is 30.0 Å². The summed E-state index contributed by atoms with van der Waals surface area (Å²) in [5, 5.41) is 5.91. The van der Waals surface area contributed by atoms with E-state index in [1.54, 1.807) is 18.2 Å². The lowest BCUT2D eigenvalue weighted by molar-refractivity contribution is 0.250. The van der Waals surface area contributed by atoms with Crippen LogP contribution >= 0.6 is 11.3 Å². The first-order valence-electron chi connectivity index (χ1n) is 8.50. The van der Waals surface area contributed by atoms with Crippen molar-refractivity contribution in [2.24, 2.45) is 0 Å². The minimum Gasteiger partial charge on any atom is -0.497 e. The minimum absolute atomic E-state index is 0.0167. The fraction of sp³-hybridized carbons (Fsp3) is 0.412. The zero-order chi connectivity index (χ0) is 19.6. The number of nitrogens with one attached hydrogen (secondary N) is 2. The normalized spacial score (nSPS) is 14.7. The summed E-state index contributed by atoms with van der Waals surface area (Å²) in [5.74, 6) is 0.495. The number of ether oxygens (including phenoxy) is 1. The van der Waals surface area contributed by atoms with Gasteiger partial charge in [-0.05, 0) is 26.0 Å². The fourth-order valence-electron chi connectivity index (χ4n) is 2.74. The van der Waals surface area contributed by atoms with Crippen LogP contribution in [0.15, 0.2) is 29.2 Å². The van der Waals surface area contributed by atoms with Gasteiger partial charge in [-0.2, -0.15) is 4.31 Å². The molecular weight excluding hydrogens is 388 g/mol. The van der Waals surface area contributed by atoms with E-state index in [4.69, 9.17) is 4.74 Å². The van der Waals surface area contributed by atoms with Crippen molar-refractivity contribution in [3.05, 3.63) is 34.8 Å². The van der Waals surface area contributed by atoms with E-state index >= 15 is 0 Å². The Balaban J connectivity index is 1.76. The molecule has 0 bridgehead atoms. The molecule has 1 aromatic carbocycles. The first-order valence-corrected chi connectivity index (χ1v) is 10.8. The molecule has 1 aliphatic rings. The number of anilines is 1. The molecule has 2 N–H and O–H groups in total. The molecule has 2 aromatic rings. The van der Waals surface area contributed by atoms with Crippen molar-refractivity contribution in [3.63, 3.8) is 0 Å². The standard InChI is InChI=1S/C17H22N4O4S2/c1-11(2)18-16(22)20-17-19-14-7-8-21(10-15(14)26-17)27(23,24)13-6-4-5-12(9-13)25-3/h4-6,9,11H,7-8,10H2,1-3H3,(H2,18,19,20,22). The lowest BCUT2D eigenvalue weighted by atomic mass is 10.2. The highest BCUT2D eigenvalue weighted by Crippen LogP contribution is 2.31. The number of carbonyl (C=O) groups is 1. The number of amides is 2. The summed E-state index contributed by atoms with van der Waals surface area (Å²) in [6, 6.07) is 6.13. The number of rotatable bonds is 5. The Morgan fingerprint density at radius 3 is 2.85 bits per heavy atom. The van der Waals surface area contributed by atoms with Crippen molar-refractivity contribution < 1.29 is 17.9 Å². The maximum absolute atomic E-state index is 12.9. The SMILES string of the molecule is COc1cccc(S(=O)(=O)N2CCc3nc(NC(=O)NC(C)C)sc3C2)c1. The van der Waals surface area contributed by atoms with Crippen LogP contribution in [0.3, 0.4) is 0 Å². The molecule has 0 saturated heterocycles. The third-order valence-corrected chi connectivity index (χ3v) is 6.85. The number of sulfonamides is 1. The van der Waals surface area contributed by atoms with E-state index in [-0.39, 0.29) is 23.5 Å². The predicted molar refractivity (Wildman–Crippen MR) is 104 cm³/mol. The zero-order valence-electron chi connectivity index (χ0n) is 15.4. The summed E-state index contributed by atoms with van der Waals surface area (Å²) < 4.78 is 32.4. The molecule has 2 heterocycles. The Morgan fingerprint density at radius 2 is 2.15 bits per heavy atom. The van der Waals surface area contributed by atoms with E-state index in [2.05, 4.69) is 15.6 Å². The molecule has 0 fully saturated rings. The van der Waals surface area contributed by atoms with Gasteiger partial charge in [-0.1, -0.05) is 17.4 Å². The van der Waals surface area contributed by atoms with Gasteiger partial charge in [0.2, 0.25) is 10.0 Å². The summed E-state index contributed by atoms with van der Waals surface area (Å²) in [5.41, 5.74) is 0.830. The molecule has 0 radical (unpaired) electrons. The number of urea groups is 1. The van der Waals surface area contributed by atoms with Crippen LogP contribution in [0.25, 0.3) is 0 Å². The van der Waals surface area contributed by atoms with E-state index in [0.29, 0.717) is 23.8 Å².